The fourth-order valence-corrected chi connectivity index (χ4v) is 1.50. The first-order valence-electron chi connectivity index (χ1n) is 3.79. The monoisotopic (exact) mass is 200 g/mol. The van der Waals surface area contributed by atoms with Crippen LogP contribution < -0.4 is 5.32 Å². The summed E-state index contributed by atoms with van der Waals surface area (Å²) in [6.45, 7) is 0.806. The lowest BCUT2D eigenvalue weighted by molar-refractivity contribution is -0.385. The number of nitro benzene ring substituents is 1. The Labute approximate surface area is 81.5 Å². The Morgan fingerprint density at radius 3 is 2.92 bits per heavy atom. The van der Waals surface area contributed by atoms with E-state index in [9.17, 15) is 10.1 Å². The summed E-state index contributed by atoms with van der Waals surface area (Å²) in [5.41, 5.74) is 1.98. The predicted octanol–water partition coefficient (Wildman–Crippen LogP) is 1.98. The maximum absolute atomic E-state index is 10.5. The van der Waals surface area contributed by atoms with Gasteiger partial charge in [-0.3, -0.25) is 10.1 Å². The Morgan fingerprint density at radius 2 is 2.23 bits per heavy atom. The summed E-state index contributed by atoms with van der Waals surface area (Å²) in [5.74, 6) is 0. The third-order valence-electron chi connectivity index (χ3n) is 2.04. The zero-order valence-corrected chi connectivity index (χ0v) is 7.63. The van der Waals surface area contributed by atoms with Gasteiger partial charge in [-0.1, -0.05) is 6.07 Å². The Balaban J connectivity index is 0.000000845. The van der Waals surface area contributed by atoms with Crippen molar-refractivity contribution in [3.05, 3.63) is 33.9 Å². The molecule has 1 aromatic carbocycles. The molecular weight excluding hydrogens is 192 g/mol. The molecule has 0 aromatic heterocycles. The molecule has 0 amide bonds. The Morgan fingerprint density at radius 1 is 1.46 bits per heavy atom. The minimum absolute atomic E-state index is 0. The van der Waals surface area contributed by atoms with E-state index in [-0.39, 0.29) is 23.0 Å². The van der Waals surface area contributed by atoms with Gasteiger partial charge in [-0.25, -0.2) is 0 Å². The van der Waals surface area contributed by atoms with Crippen LogP contribution in [0.15, 0.2) is 18.2 Å². The second-order valence-electron chi connectivity index (χ2n) is 2.74. The van der Waals surface area contributed by atoms with Crippen molar-refractivity contribution in [2.75, 3.05) is 11.9 Å². The average molecular weight is 201 g/mol. The summed E-state index contributed by atoms with van der Waals surface area (Å²) >= 11 is 0. The lowest BCUT2D eigenvalue weighted by Gasteiger charge is -1.98. The van der Waals surface area contributed by atoms with Gasteiger partial charge in [0.25, 0.3) is 5.69 Å². The minimum Gasteiger partial charge on any atom is -0.384 e. The van der Waals surface area contributed by atoms with Gasteiger partial charge in [-0.05, 0) is 12.5 Å². The molecule has 0 fully saturated rings. The molecule has 0 bridgehead atoms. The molecule has 4 nitrogen and oxygen atoms in total. The van der Waals surface area contributed by atoms with Crippen LogP contribution in [0, 0.1) is 10.1 Å². The van der Waals surface area contributed by atoms with E-state index < -0.39 is 0 Å². The molecule has 0 saturated carbocycles. The van der Waals surface area contributed by atoms with Crippen molar-refractivity contribution in [1.82, 2.24) is 0 Å². The summed E-state index contributed by atoms with van der Waals surface area (Å²) in [4.78, 5) is 10.2. The molecule has 0 saturated heterocycles. The SMILES string of the molecule is Cl.O=[N+]([O-])c1cccc2c1CCN2. The lowest BCUT2D eigenvalue weighted by atomic mass is 10.1. The highest BCUT2D eigenvalue weighted by atomic mass is 35.5. The number of fused-ring (bicyclic) bond motifs is 1. The molecule has 0 unspecified atom stereocenters. The van der Waals surface area contributed by atoms with Crippen molar-refractivity contribution < 1.29 is 4.92 Å². The van der Waals surface area contributed by atoms with Gasteiger partial charge in [-0.2, -0.15) is 0 Å². The summed E-state index contributed by atoms with van der Waals surface area (Å²) in [5, 5.41) is 13.6. The molecule has 0 spiro atoms. The van der Waals surface area contributed by atoms with Crippen molar-refractivity contribution in [3.63, 3.8) is 0 Å². The van der Waals surface area contributed by atoms with Crippen LogP contribution in [-0.4, -0.2) is 11.5 Å². The van der Waals surface area contributed by atoms with Gasteiger partial charge >= 0.3 is 0 Å². The standard InChI is InChI=1S/C8H8N2O2.ClH/c11-10(12)8-3-1-2-7-6(8)4-5-9-7;/h1-3,9H,4-5H2;1H. The third-order valence-corrected chi connectivity index (χ3v) is 2.04. The van der Waals surface area contributed by atoms with Crippen LogP contribution in [-0.2, 0) is 6.42 Å². The predicted molar refractivity (Wildman–Crippen MR) is 52.5 cm³/mol. The van der Waals surface area contributed by atoms with Gasteiger partial charge in [0.05, 0.1) is 10.5 Å². The molecule has 1 aliphatic rings. The second-order valence-corrected chi connectivity index (χ2v) is 2.74. The molecule has 1 aliphatic heterocycles. The minimum atomic E-state index is -0.328. The van der Waals surface area contributed by atoms with Crippen LogP contribution in [0.2, 0.25) is 0 Å². The Hall–Kier alpha value is -1.29. The Kier molecular flexibility index (Phi) is 2.72. The normalized spacial score (nSPS) is 12.6. The summed E-state index contributed by atoms with van der Waals surface area (Å²) < 4.78 is 0. The highest BCUT2D eigenvalue weighted by molar-refractivity contribution is 5.85. The molecule has 0 atom stereocenters. The summed E-state index contributed by atoms with van der Waals surface area (Å²) in [6, 6.07) is 5.12. The summed E-state index contributed by atoms with van der Waals surface area (Å²) in [6.07, 6.45) is 0.756. The van der Waals surface area contributed by atoms with E-state index in [0.717, 1.165) is 24.2 Å². The van der Waals surface area contributed by atoms with E-state index >= 15 is 0 Å². The number of hydrogen-bond acceptors (Lipinski definition) is 3. The van der Waals surface area contributed by atoms with E-state index in [0.29, 0.717) is 0 Å². The number of rotatable bonds is 1. The molecule has 1 N–H and O–H groups in total. The van der Waals surface area contributed by atoms with Gasteiger partial charge in [0.1, 0.15) is 0 Å². The van der Waals surface area contributed by atoms with Gasteiger partial charge < -0.3 is 5.32 Å². The molecule has 1 heterocycles. The van der Waals surface area contributed by atoms with E-state index in [1.54, 1.807) is 12.1 Å². The zero-order chi connectivity index (χ0) is 8.55. The second kappa shape index (κ2) is 3.62. The van der Waals surface area contributed by atoms with Gasteiger partial charge in [0, 0.05) is 18.3 Å². The number of nitro groups is 1. The summed E-state index contributed by atoms with van der Waals surface area (Å²) in [7, 11) is 0. The van der Waals surface area contributed by atoms with E-state index in [1.165, 1.54) is 0 Å². The fraction of sp³-hybridized carbons (Fsp3) is 0.250. The highest BCUT2D eigenvalue weighted by Crippen LogP contribution is 2.30. The van der Waals surface area contributed by atoms with Crippen molar-refractivity contribution >= 4 is 23.8 Å². The smallest absolute Gasteiger partial charge is 0.274 e. The molecular formula is C8H9ClN2O2. The van der Waals surface area contributed by atoms with Crippen LogP contribution in [0.4, 0.5) is 11.4 Å². The lowest BCUT2D eigenvalue weighted by Crippen LogP contribution is -1.92. The van der Waals surface area contributed by atoms with Crippen LogP contribution in [0.1, 0.15) is 5.56 Å². The van der Waals surface area contributed by atoms with E-state index in [4.69, 9.17) is 0 Å². The van der Waals surface area contributed by atoms with Crippen molar-refractivity contribution in [1.29, 1.82) is 0 Å². The number of nitrogens with zero attached hydrogens (tertiary/aromatic N) is 1. The first-order chi connectivity index (χ1) is 5.79. The molecule has 5 heteroatoms. The zero-order valence-electron chi connectivity index (χ0n) is 6.82. The van der Waals surface area contributed by atoms with Gasteiger partial charge in [0.2, 0.25) is 0 Å². The number of halogens is 1. The average Bonchev–Trinajstić information content (AvgIpc) is 2.49. The largest absolute Gasteiger partial charge is 0.384 e. The number of nitrogens with one attached hydrogen (secondary N) is 1. The van der Waals surface area contributed by atoms with Crippen LogP contribution >= 0.6 is 12.4 Å². The molecule has 1 aromatic rings. The highest BCUT2D eigenvalue weighted by Gasteiger charge is 2.20. The van der Waals surface area contributed by atoms with Crippen LogP contribution in [0.5, 0.6) is 0 Å². The van der Waals surface area contributed by atoms with Gasteiger partial charge in [-0.15, -0.1) is 12.4 Å². The van der Waals surface area contributed by atoms with E-state index in [2.05, 4.69) is 5.32 Å². The Bertz CT molecular complexity index is 341. The molecule has 13 heavy (non-hydrogen) atoms. The van der Waals surface area contributed by atoms with Crippen molar-refractivity contribution in [2.45, 2.75) is 6.42 Å². The molecule has 70 valence electrons. The molecule has 2 rings (SSSR count). The van der Waals surface area contributed by atoms with Crippen molar-refractivity contribution in [3.8, 4) is 0 Å². The third kappa shape index (κ3) is 1.58. The quantitative estimate of drug-likeness (QED) is 0.557. The number of benzene rings is 1. The maximum Gasteiger partial charge on any atom is 0.274 e. The maximum atomic E-state index is 10.5. The molecule has 0 aliphatic carbocycles. The van der Waals surface area contributed by atoms with Crippen LogP contribution in [0.25, 0.3) is 0 Å². The first-order valence-corrected chi connectivity index (χ1v) is 3.79. The fourth-order valence-electron chi connectivity index (χ4n) is 1.50. The van der Waals surface area contributed by atoms with Gasteiger partial charge in [0.15, 0.2) is 0 Å². The topological polar surface area (TPSA) is 55.2 Å². The van der Waals surface area contributed by atoms with Crippen LogP contribution in [0.3, 0.4) is 0 Å². The van der Waals surface area contributed by atoms with Crippen molar-refractivity contribution in [2.24, 2.45) is 0 Å². The number of hydrogen-bond donors (Lipinski definition) is 1. The van der Waals surface area contributed by atoms with E-state index in [1.807, 2.05) is 6.07 Å². The molecule has 0 radical (unpaired) electrons. The number of anilines is 1. The first kappa shape index (κ1) is 9.80.